The fourth-order valence-electron chi connectivity index (χ4n) is 2.52. The van der Waals surface area contributed by atoms with Crippen LogP contribution in [0.3, 0.4) is 0 Å². The van der Waals surface area contributed by atoms with Crippen LogP contribution in [0.15, 0.2) is 45.8 Å². The smallest absolute Gasteiger partial charge is 1.00 e. The molecule has 2 aliphatic rings. The molecule has 1 heterocycles. The SMILES string of the molecule is Brc1ccc2c(c1)C1=Cc3[c-]cccc3C1S2.[Cl-].[Cl-].[Cl-].[Zr+4]. The van der Waals surface area contributed by atoms with Crippen molar-refractivity contribution in [1.29, 1.82) is 0 Å². The van der Waals surface area contributed by atoms with Crippen LogP contribution in [0.4, 0.5) is 0 Å². The number of thioether (sulfide) groups is 1. The van der Waals surface area contributed by atoms with Gasteiger partial charge in [0.2, 0.25) is 0 Å². The average Bonchev–Trinajstić information content (AvgIpc) is 2.85. The summed E-state index contributed by atoms with van der Waals surface area (Å²) in [5.41, 5.74) is 5.47. The van der Waals surface area contributed by atoms with Gasteiger partial charge in [0.25, 0.3) is 0 Å². The molecule has 2 aromatic carbocycles. The summed E-state index contributed by atoms with van der Waals surface area (Å²) >= 11 is 5.50. The normalized spacial score (nSPS) is 15.9. The summed E-state index contributed by atoms with van der Waals surface area (Å²) in [5, 5.41) is 0.478. The predicted octanol–water partition coefficient (Wildman–Crippen LogP) is -4.04. The molecule has 0 fully saturated rings. The minimum absolute atomic E-state index is 0. The Morgan fingerprint density at radius 3 is 2.62 bits per heavy atom. The Kier molecular flexibility index (Phi) is 8.88. The molecule has 6 heteroatoms. The molecule has 1 aliphatic carbocycles. The zero-order valence-corrected chi connectivity index (χ0v) is 17.7. The number of fused-ring (bicyclic) bond motifs is 5. The Morgan fingerprint density at radius 2 is 1.86 bits per heavy atom. The van der Waals surface area contributed by atoms with Crippen LogP contribution in [0, 0.1) is 6.07 Å². The van der Waals surface area contributed by atoms with Gasteiger partial charge in [-0.05, 0) is 23.8 Å². The Hall–Kier alpha value is 0.763. The molecule has 4 rings (SSSR count). The average molecular weight is 498 g/mol. The summed E-state index contributed by atoms with van der Waals surface area (Å²) in [4.78, 5) is 1.39. The number of rotatable bonds is 0. The van der Waals surface area contributed by atoms with Crippen LogP contribution in [0.1, 0.15) is 21.9 Å². The van der Waals surface area contributed by atoms with Gasteiger partial charge >= 0.3 is 26.2 Å². The molecule has 0 nitrogen and oxygen atoms in total. The van der Waals surface area contributed by atoms with Crippen molar-refractivity contribution < 1.29 is 63.4 Å². The molecule has 2 aromatic rings. The van der Waals surface area contributed by atoms with E-state index in [1.165, 1.54) is 27.2 Å². The van der Waals surface area contributed by atoms with Crippen molar-refractivity contribution in [3.63, 3.8) is 0 Å². The molecule has 0 saturated heterocycles. The minimum atomic E-state index is 0. The fourth-order valence-corrected chi connectivity index (χ4v) is 4.24. The summed E-state index contributed by atoms with van der Waals surface area (Å²) < 4.78 is 1.15. The van der Waals surface area contributed by atoms with Crippen LogP contribution in [-0.2, 0) is 26.2 Å². The second-order valence-electron chi connectivity index (χ2n) is 4.28. The van der Waals surface area contributed by atoms with Gasteiger partial charge in [0.1, 0.15) is 0 Å². The van der Waals surface area contributed by atoms with Crippen LogP contribution in [0.25, 0.3) is 11.6 Å². The van der Waals surface area contributed by atoms with E-state index in [4.69, 9.17) is 0 Å². The third kappa shape index (κ3) is 3.65. The topological polar surface area (TPSA) is 0 Å². The van der Waals surface area contributed by atoms with E-state index in [1.54, 1.807) is 0 Å². The first-order valence-electron chi connectivity index (χ1n) is 5.52. The van der Waals surface area contributed by atoms with Crippen LogP contribution >= 0.6 is 27.7 Å². The fraction of sp³-hybridized carbons (Fsp3) is 0.0667. The van der Waals surface area contributed by atoms with Crippen LogP contribution in [0.2, 0.25) is 0 Å². The second-order valence-corrected chi connectivity index (χ2v) is 6.34. The van der Waals surface area contributed by atoms with E-state index in [9.17, 15) is 0 Å². The maximum atomic E-state index is 3.55. The number of benzene rings is 2. The van der Waals surface area contributed by atoms with Crippen molar-refractivity contribution >= 4 is 39.3 Å². The van der Waals surface area contributed by atoms with Gasteiger partial charge in [0.05, 0.1) is 0 Å². The Bertz CT molecular complexity index is 676. The third-order valence-corrected chi connectivity index (χ3v) is 5.13. The maximum absolute atomic E-state index is 3.55. The standard InChI is InChI=1S/C15H8BrS.3ClH.Zr/c16-10-5-6-14-12(8-10)13-7-9-3-1-2-4-11(9)15(13)17-14;;;;/h1-2,4-8,15H;3*1H;/q-1;;;;+4/p-3. The van der Waals surface area contributed by atoms with Gasteiger partial charge in [0, 0.05) is 14.6 Å². The summed E-state index contributed by atoms with van der Waals surface area (Å²) in [6.07, 6.45) is 2.28. The molecule has 0 bridgehead atoms. The molecular weight excluding hydrogens is 490 g/mol. The molecule has 21 heavy (non-hydrogen) atoms. The predicted molar refractivity (Wildman–Crippen MR) is 75.9 cm³/mol. The van der Waals surface area contributed by atoms with Gasteiger partial charge in [-0.3, -0.25) is 0 Å². The van der Waals surface area contributed by atoms with E-state index < -0.39 is 0 Å². The van der Waals surface area contributed by atoms with Gasteiger partial charge < -0.3 is 37.2 Å². The van der Waals surface area contributed by atoms with Crippen LogP contribution < -0.4 is 37.2 Å². The van der Waals surface area contributed by atoms with Gasteiger partial charge in [-0.25, -0.2) is 0 Å². The Balaban J connectivity index is 0.000001000. The largest absolute Gasteiger partial charge is 4.00 e. The summed E-state index contributed by atoms with van der Waals surface area (Å²) in [5.74, 6) is 0. The monoisotopic (exact) mass is 494 g/mol. The van der Waals surface area contributed by atoms with E-state index in [0.29, 0.717) is 5.25 Å². The molecule has 0 N–H and O–H groups in total. The number of halogens is 4. The molecule has 0 amide bonds. The summed E-state index contributed by atoms with van der Waals surface area (Å²) in [7, 11) is 0. The van der Waals surface area contributed by atoms with E-state index in [2.05, 4.69) is 58.4 Å². The van der Waals surface area contributed by atoms with Crippen molar-refractivity contribution in [3.05, 3.63) is 63.6 Å². The molecule has 106 valence electrons. The van der Waals surface area contributed by atoms with Crippen LogP contribution in [-0.4, -0.2) is 0 Å². The Labute approximate surface area is 175 Å². The quantitative estimate of drug-likeness (QED) is 0.334. The van der Waals surface area contributed by atoms with Crippen LogP contribution in [0.5, 0.6) is 0 Å². The first-order chi connectivity index (χ1) is 8.33. The summed E-state index contributed by atoms with van der Waals surface area (Å²) in [6.45, 7) is 0. The van der Waals surface area contributed by atoms with Gasteiger partial charge in [-0.15, -0.1) is 53.2 Å². The van der Waals surface area contributed by atoms with Crippen molar-refractivity contribution in [1.82, 2.24) is 0 Å². The molecule has 1 aliphatic heterocycles. The van der Waals surface area contributed by atoms with E-state index >= 15 is 0 Å². The van der Waals surface area contributed by atoms with Crippen molar-refractivity contribution in [2.75, 3.05) is 0 Å². The maximum Gasteiger partial charge on any atom is 4.00 e. The summed E-state index contributed by atoms with van der Waals surface area (Å²) in [6, 6.07) is 16.1. The van der Waals surface area contributed by atoms with Gasteiger partial charge in [-0.2, -0.15) is 0 Å². The number of hydrogen-bond acceptors (Lipinski definition) is 1. The van der Waals surface area contributed by atoms with Crippen molar-refractivity contribution in [2.45, 2.75) is 10.1 Å². The third-order valence-electron chi connectivity index (χ3n) is 3.28. The van der Waals surface area contributed by atoms with Gasteiger partial charge in [0.15, 0.2) is 0 Å². The van der Waals surface area contributed by atoms with E-state index in [1.807, 2.05) is 17.8 Å². The van der Waals surface area contributed by atoms with Crippen molar-refractivity contribution in [3.8, 4) is 0 Å². The molecule has 0 radical (unpaired) electrons. The zero-order chi connectivity index (χ0) is 11.4. The van der Waals surface area contributed by atoms with E-state index in [0.717, 1.165) is 4.47 Å². The molecule has 0 aromatic heterocycles. The minimum Gasteiger partial charge on any atom is -1.00 e. The van der Waals surface area contributed by atoms with E-state index in [-0.39, 0.29) is 63.4 Å². The molecular formula is C15H8BrCl3SZr. The van der Waals surface area contributed by atoms with Crippen molar-refractivity contribution in [2.24, 2.45) is 0 Å². The molecule has 1 unspecified atom stereocenters. The molecule has 0 spiro atoms. The second kappa shape index (κ2) is 8.57. The zero-order valence-electron chi connectivity index (χ0n) is 10.5. The number of hydrogen-bond donors (Lipinski definition) is 0. The molecule has 0 saturated carbocycles. The first kappa shape index (κ1) is 21.8. The Morgan fingerprint density at radius 1 is 1.10 bits per heavy atom. The molecule has 1 atom stereocenters. The van der Waals surface area contributed by atoms with Gasteiger partial charge in [-0.1, -0.05) is 21.5 Å². The first-order valence-corrected chi connectivity index (χ1v) is 7.19.